The summed E-state index contributed by atoms with van der Waals surface area (Å²) in [5, 5.41) is 3.25. The van der Waals surface area contributed by atoms with Crippen molar-refractivity contribution in [2.45, 2.75) is 39.5 Å². The standard InChI is InChI=1S/C20H25ClN2O3S/c1-6-23(7-2)27(25,26)18-12-16(9-8-14(18)4)20(24)22-19-15(5)10-13(3)11-17(19)21/h8-12H,6-7H2,1-5H3,(H,22,24). The third kappa shape index (κ3) is 4.51. The zero-order valence-corrected chi connectivity index (χ0v) is 17.8. The van der Waals surface area contributed by atoms with Crippen molar-refractivity contribution in [2.75, 3.05) is 18.4 Å². The minimum atomic E-state index is -3.66. The number of amides is 1. The molecule has 7 heteroatoms. The quantitative estimate of drug-likeness (QED) is 0.762. The Morgan fingerprint density at radius 1 is 1.04 bits per heavy atom. The number of carbonyl (C=O) groups is 1. The van der Waals surface area contributed by atoms with Crippen LogP contribution in [-0.4, -0.2) is 31.7 Å². The SMILES string of the molecule is CCN(CC)S(=O)(=O)c1cc(C(=O)Nc2c(C)cc(C)cc2Cl)ccc1C. The monoisotopic (exact) mass is 408 g/mol. The van der Waals surface area contributed by atoms with Crippen molar-refractivity contribution in [3.05, 3.63) is 57.6 Å². The molecule has 0 spiro atoms. The second kappa shape index (κ2) is 8.42. The number of rotatable bonds is 6. The fourth-order valence-corrected chi connectivity index (χ4v) is 5.06. The molecule has 1 N–H and O–H groups in total. The molecule has 0 bridgehead atoms. The molecule has 0 radical (unpaired) electrons. The number of halogens is 1. The minimum Gasteiger partial charge on any atom is -0.320 e. The van der Waals surface area contributed by atoms with E-state index in [1.165, 1.54) is 10.4 Å². The van der Waals surface area contributed by atoms with E-state index in [0.717, 1.165) is 11.1 Å². The summed E-state index contributed by atoms with van der Waals surface area (Å²) in [5.74, 6) is -0.403. The number of nitrogens with one attached hydrogen (secondary N) is 1. The van der Waals surface area contributed by atoms with E-state index in [2.05, 4.69) is 5.32 Å². The first-order chi connectivity index (χ1) is 12.6. The van der Waals surface area contributed by atoms with Crippen LogP contribution in [0.15, 0.2) is 35.2 Å². The van der Waals surface area contributed by atoms with Crippen LogP contribution in [0.2, 0.25) is 5.02 Å². The number of aryl methyl sites for hydroxylation is 3. The number of benzene rings is 2. The van der Waals surface area contributed by atoms with E-state index < -0.39 is 15.9 Å². The summed E-state index contributed by atoms with van der Waals surface area (Å²) in [5.41, 5.74) is 3.24. The predicted octanol–water partition coefficient (Wildman–Crippen LogP) is 4.55. The molecule has 0 saturated carbocycles. The molecule has 0 saturated heterocycles. The van der Waals surface area contributed by atoms with Crippen LogP contribution in [0.25, 0.3) is 0 Å². The van der Waals surface area contributed by atoms with Gasteiger partial charge in [0.1, 0.15) is 0 Å². The topological polar surface area (TPSA) is 66.5 Å². The van der Waals surface area contributed by atoms with Crippen LogP contribution in [0, 0.1) is 20.8 Å². The molecule has 2 rings (SSSR count). The lowest BCUT2D eigenvalue weighted by molar-refractivity contribution is 0.102. The molecule has 27 heavy (non-hydrogen) atoms. The Hall–Kier alpha value is -1.89. The maximum absolute atomic E-state index is 12.9. The van der Waals surface area contributed by atoms with Gasteiger partial charge in [-0.05, 0) is 55.7 Å². The van der Waals surface area contributed by atoms with Crippen LogP contribution < -0.4 is 5.32 Å². The van der Waals surface area contributed by atoms with Crippen molar-refractivity contribution in [1.29, 1.82) is 0 Å². The molecule has 0 heterocycles. The van der Waals surface area contributed by atoms with Gasteiger partial charge >= 0.3 is 0 Å². The highest BCUT2D eigenvalue weighted by molar-refractivity contribution is 7.89. The Morgan fingerprint density at radius 2 is 1.67 bits per heavy atom. The lowest BCUT2D eigenvalue weighted by Gasteiger charge is -2.20. The Morgan fingerprint density at radius 3 is 2.22 bits per heavy atom. The number of nitrogens with zero attached hydrogens (tertiary/aromatic N) is 1. The van der Waals surface area contributed by atoms with E-state index in [0.29, 0.717) is 29.4 Å². The second-order valence-electron chi connectivity index (χ2n) is 6.46. The van der Waals surface area contributed by atoms with Crippen LogP contribution in [-0.2, 0) is 10.0 Å². The van der Waals surface area contributed by atoms with Gasteiger partial charge in [0, 0.05) is 18.7 Å². The molecule has 146 valence electrons. The molecule has 0 fully saturated rings. The smallest absolute Gasteiger partial charge is 0.255 e. The summed E-state index contributed by atoms with van der Waals surface area (Å²) in [6.07, 6.45) is 0. The van der Waals surface area contributed by atoms with Gasteiger partial charge in [-0.15, -0.1) is 0 Å². The molecule has 0 aliphatic carbocycles. The third-order valence-corrected chi connectivity index (χ3v) is 6.93. The highest BCUT2D eigenvalue weighted by Crippen LogP contribution is 2.28. The van der Waals surface area contributed by atoms with Crippen molar-refractivity contribution in [1.82, 2.24) is 4.31 Å². The van der Waals surface area contributed by atoms with Gasteiger partial charge in [-0.25, -0.2) is 8.42 Å². The Kier molecular flexibility index (Phi) is 6.68. The van der Waals surface area contributed by atoms with Crippen molar-refractivity contribution < 1.29 is 13.2 Å². The molecule has 5 nitrogen and oxygen atoms in total. The van der Waals surface area contributed by atoms with E-state index in [1.807, 2.05) is 19.9 Å². The number of hydrogen-bond acceptors (Lipinski definition) is 3. The fraction of sp³-hybridized carbons (Fsp3) is 0.350. The van der Waals surface area contributed by atoms with Crippen molar-refractivity contribution in [3.63, 3.8) is 0 Å². The molecule has 2 aromatic rings. The summed E-state index contributed by atoms with van der Waals surface area (Å²) in [6.45, 7) is 9.82. The molecule has 0 aliphatic rings. The fourth-order valence-electron chi connectivity index (χ4n) is 2.98. The number of carbonyl (C=O) groups excluding carboxylic acids is 1. The van der Waals surface area contributed by atoms with Crippen LogP contribution in [0.3, 0.4) is 0 Å². The first-order valence-corrected chi connectivity index (χ1v) is 10.6. The van der Waals surface area contributed by atoms with Gasteiger partial charge in [0.2, 0.25) is 10.0 Å². The summed E-state index contributed by atoms with van der Waals surface area (Å²) >= 11 is 6.26. The zero-order valence-electron chi connectivity index (χ0n) is 16.3. The van der Waals surface area contributed by atoms with Gasteiger partial charge in [-0.1, -0.05) is 37.6 Å². The predicted molar refractivity (Wildman–Crippen MR) is 110 cm³/mol. The maximum Gasteiger partial charge on any atom is 0.255 e. The summed E-state index contributed by atoms with van der Waals surface area (Å²) < 4.78 is 27.1. The lowest BCUT2D eigenvalue weighted by Crippen LogP contribution is -2.31. The van der Waals surface area contributed by atoms with Crippen LogP contribution in [0.1, 0.15) is 40.9 Å². The van der Waals surface area contributed by atoms with Crippen molar-refractivity contribution in [3.8, 4) is 0 Å². The molecule has 0 atom stereocenters. The van der Waals surface area contributed by atoms with Gasteiger partial charge < -0.3 is 5.32 Å². The molecule has 1 amide bonds. The van der Waals surface area contributed by atoms with Gasteiger partial charge in [0.25, 0.3) is 5.91 Å². The van der Waals surface area contributed by atoms with Crippen LogP contribution in [0.4, 0.5) is 5.69 Å². The molecule has 0 unspecified atom stereocenters. The Labute approximate surface area is 166 Å². The van der Waals surface area contributed by atoms with Gasteiger partial charge in [0.05, 0.1) is 15.6 Å². The highest BCUT2D eigenvalue weighted by Gasteiger charge is 2.25. The molecule has 0 aromatic heterocycles. The van der Waals surface area contributed by atoms with Crippen LogP contribution >= 0.6 is 11.6 Å². The summed E-state index contributed by atoms with van der Waals surface area (Å²) in [7, 11) is -3.66. The highest BCUT2D eigenvalue weighted by atomic mass is 35.5. The first-order valence-electron chi connectivity index (χ1n) is 8.80. The zero-order chi connectivity index (χ0) is 20.4. The maximum atomic E-state index is 12.9. The average molecular weight is 409 g/mol. The number of anilines is 1. The average Bonchev–Trinajstić information content (AvgIpc) is 2.58. The second-order valence-corrected chi connectivity index (χ2v) is 8.78. The van der Waals surface area contributed by atoms with Crippen molar-refractivity contribution in [2.24, 2.45) is 0 Å². The number of hydrogen-bond donors (Lipinski definition) is 1. The van der Waals surface area contributed by atoms with E-state index >= 15 is 0 Å². The van der Waals surface area contributed by atoms with Crippen molar-refractivity contribution >= 4 is 33.2 Å². The van der Waals surface area contributed by atoms with Gasteiger partial charge in [0.15, 0.2) is 0 Å². The summed E-state index contributed by atoms with van der Waals surface area (Å²) in [4.78, 5) is 12.9. The van der Waals surface area contributed by atoms with E-state index in [-0.39, 0.29) is 10.5 Å². The Balaban J connectivity index is 2.42. The first kappa shape index (κ1) is 21.4. The number of sulfonamides is 1. The Bertz CT molecular complexity index is 944. The van der Waals surface area contributed by atoms with Gasteiger partial charge in [-0.2, -0.15) is 4.31 Å². The minimum absolute atomic E-state index is 0.144. The largest absolute Gasteiger partial charge is 0.320 e. The van der Waals surface area contributed by atoms with Gasteiger partial charge in [-0.3, -0.25) is 4.79 Å². The molecular formula is C20H25ClN2O3S. The lowest BCUT2D eigenvalue weighted by atomic mass is 10.1. The molecular weight excluding hydrogens is 384 g/mol. The molecule has 0 aliphatic heterocycles. The normalized spacial score (nSPS) is 11.7. The van der Waals surface area contributed by atoms with E-state index in [1.54, 1.807) is 39.0 Å². The molecule has 2 aromatic carbocycles. The van der Waals surface area contributed by atoms with E-state index in [4.69, 9.17) is 11.6 Å². The third-order valence-electron chi connectivity index (χ3n) is 4.44. The van der Waals surface area contributed by atoms with E-state index in [9.17, 15) is 13.2 Å². The van der Waals surface area contributed by atoms with Crippen LogP contribution in [0.5, 0.6) is 0 Å². The summed E-state index contributed by atoms with van der Waals surface area (Å²) in [6, 6.07) is 8.39.